The molecule has 7 N–H and O–H groups in total. The summed E-state index contributed by atoms with van der Waals surface area (Å²) in [4.78, 5) is 13.1. The van der Waals surface area contributed by atoms with Crippen molar-refractivity contribution in [1.29, 1.82) is 0 Å². The summed E-state index contributed by atoms with van der Waals surface area (Å²) >= 11 is 0. The SMILES string of the molecule is CCCCCCCCCCCCCCCCCCCCC[C@@H](O)C(=O)N[C@@H](CO[C@@H]1O[C@H](CO)[C@@H](O)[C@H](O)[C@H]1O)[C@H](O)/C=C/CCCCCCCCCCCC(C)C. The quantitative estimate of drug-likeness (QED) is 0.0235. The van der Waals surface area contributed by atoms with Crippen molar-refractivity contribution in [3.8, 4) is 0 Å². The van der Waals surface area contributed by atoms with Crippen LogP contribution in [0.5, 0.6) is 0 Å². The average Bonchev–Trinajstić information content (AvgIpc) is 3.21. The van der Waals surface area contributed by atoms with Crippen LogP contribution in [-0.4, -0.2) is 98.7 Å². The van der Waals surface area contributed by atoms with Crippen LogP contribution in [0.25, 0.3) is 0 Å². The molecule has 0 spiro atoms. The number of aliphatic hydroxyl groups excluding tert-OH is 6. The maximum Gasteiger partial charge on any atom is 0.249 e. The number of nitrogens with one attached hydrogen (secondary N) is 1. The third-order valence-corrected chi connectivity index (χ3v) is 11.9. The molecule has 0 aromatic rings. The first-order valence-corrected chi connectivity index (χ1v) is 24.4. The van der Waals surface area contributed by atoms with E-state index in [2.05, 4.69) is 26.1 Å². The number of carbonyl (C=O) groups is 1. The van der Waals surface area contributed by atoms with Gasteiger partial charge in [0.2, 0.25) is 5.91 Å². The fourth-order valence-corrected chi connectivity index (χ4v) is 7.88. The lowest BCUT2D eigenvalue weighted by molar-refractivity contribution is -0.302. The molecule has 0 unspecified atom stereocenters. The van der Waals surface area contributed by atoms with Crippen LogP contribution in [0, 0.1) is 5.92 Å². The van der Waals surface area contributed by atoms with Crippen LogP contribution in [-0.2, 0) is 14.3 Å². The van der Waals surface area contributed by atoms with Gasteiger partial charge in [-0.15, -0.1) is 0 Å². The molecule has 10 heteroatoms. The molecule has 1 aliphatic heterocycles. The third kappa shape index (κ3) is 28.4. The van der Waals surface area contributed by atoms with E-state index in [1.807, 2.05) is 6.08 Å². The van der Waals surface area contributed by atoms with Crippen LogP contribution in [0.1, 0.15) is 220 Å². The van der Waals surface area contributed by atoms with Crippen LogP contribution >= 0.6 is 0 Å². The largest absolute Gasteiger partial charge is 0.394 e. The highest BCUT2D eigenvalue weighted by Gasteiger charge is 2.44. The third-order valence-electron chi connectivity index (χ3n) is 11.9. The summed E-state index contributed by atoms with van der Waals surface area (Å²) in [5.41, 5.74) is 0. The van der Waals surface area contributed by atoms with E-state index in [0.717, 1.165) is 50.9 Å². The number of ether oxygens (including phenoxy) is 2. The Labute approximate surface area is 355 Å². The summed E-state index contributed by atoms with van der Waals surface area (Å²) in [6, 6.07) is -0.976. The van der Waals surface area contributed by atoms with Crippen LogP contribution < -0.4 is 5.32 Å². The van der Waals surface area contributed by atoms with E-state index in [4.69, 9.17) is 9.47 Å². The second-order valence-electron chi connectivity index (χ2n) is 17.9. The van der Waals surface area contributed by atoms with Gasteiger partial charge in [-0.3, -0.25) is 4.79 Å². The number of carbonyl (C=O) groups excluding carboxylic acids is 1. The number of allylic oxidation sites excluding steroid dienone is 1. The molecule has 1 fully saturated rings. The Morgan fingerprint density at radius 3 is 1.50 bits per heavy atom. The minimum absolute atomic E-state index is 0.302. The van der Waals surface area contributed by atoms with Gasteiger partial charge in [-0.2, -0.15) is 0 Å². The molecule has 8 atom stereocenters. The number of aliphatic hydroxyl groups is 6. The van der Waals surface area contributed by atoms with Crippen molar-refractivity contribution in [2.24, 2.45) is 5.92 Å². The number of amides is 1. The fraction of sp³-hybridized carbons (Fsp3) is 0.938. The van der Waals surface area contributed by atoms with E-state index >= 15 is 0 Å². The molecule has 0 saturated carbocycles. The van der Waals surface area contributed by atoms with Gasteiger partial charge in [0, 0.05) is 0 Å². The molecule has 58 heavy (non-hydrogen) atoms. The van der Waals surface area contributed by atoms with Gasteiger partial charge in [-0.05, 0) is 25.2 Å². The normalized spacial score (nSPS) is 21.5. The van der Waals surface area contributed by atoms with Crippen LogP contribution in [0.2, 0.25) is 0 Å². The van der Waals surface area contributed by atoms with Crippen LogP contribution in [0.4, 0.5) is 0 Å². The summed E-state index contributed by atoms with van der Waals surface area (Å²) in [7, 11) is 0. The first kappa shape index (κ1) is 54.9. The Morgan fingerprint density at radius 2 is 1.05 bits per heavy atom. The molecule has 1 rings (SSSR count). The van der Waals surface area contributed by atoms with E-state index in [1.54, 1.807) is 6.08 Å². The maximum absolute atomic E-state index is 13.1. The number of hydrogen-bond donors (Lipinski definition) is 7. The van der Waals surface area contributed by atoms with Crippen LogP contribution in [0.15, 0.2) is 12.2 Å². The fourth-order valence-electron chi connectivity index (χ4n) is 7.88. The Kier molecular flexibility index (Phi) is 35.6. The topological polar surface area (TPSA) is 169 Å². The van der Waals surface area contributed by atoms with Crippen molar-refractivity contribution >= 4 is 5.91 Å². The molecule has 0 aromatic heterocycles. The number of rotatable bonds is 40. The Hall–Kier alpha value is -1.11. The molecule has 1 heterocycles. The van der Waals surface area contributed by atoms with Gasteiger partial charge >= 0.3 is 0 Å². The zero-order valence-electron chi connectivity index (χ0n) is 37.6. The molecule has 10 nitrogen and oxygen atoms in total. The van der Waals surface area contributed by atoms with Gasteiger partial charge in [0.1, 0.15) is 30.5 Å². The average molecular weight is 828 g/mol. The molecule has 0 aromatic carbocycles. The van der Waals surface area contributed by atoms with Gasteiger partial charge in [0.05, 0.1) is 25.4 Å². The standard InChI is InChI=1S/C48H93NO9/c1-4-5-6-7-8-9-10-11-12-13-14-15-16-17-20-24-27-30-33-36-42(52)47(56)49-40(38-57-48-46(55)45(54)44(53)43(37-50)58-48)41(51)35-32-29-26-23-21-18-19-22-25-28-31-34-39(2)3/h32,35,39-46,48,50-55H,4-31,33-34,36-38H2,1-3H3,(H,49,56)/b35-32+/t40-,41+,42+,43+,44+,45-,46+,48+/m0/s1. The molecule has 0 radical (unpaired) electrons. The zero-order valence-corrected chi connectivity index (χ0v) is 37.6. The van der Waals surface area contributed by atoms with Crippen LogP contribution in [0.3, 0.4) is 0 Å². The minimum atomic E-state index is -1.61. The Bertz CT molecular complexity index is 950. The predicted molar refractivity (Wildman–Crippen MR) is 236 cm³/mol. The van der Waals surface area contributed by atoms with E-state index < -0.39 is 61.5 Å². The molecule has 1 aliphatic rings. The lowest BCUT2D eigenvalue weighted by atomic mass is 9.99. The Morgan fingerprint density at radius 1 is 0.621 bits per heavy atom. The molecular weight excluding hydrogens is 735 g/mol. The minimum Gasteiger partial charge on any atom is -0.394 e. The van der Waals surface area contributed by atoms with Crippen molar-refractivity contribution in [2.75, 3.05) is 13.2 Å². The Balaban J connectivity index is 2.36. The summed E-state index contributed by atoms with van der Waals surface area (Å²) in [6.45, 7) is 5.94. The highest BCUT2D eigenvalue weighted by molar-refractivity contribution is 5.80. The van der Waals surface area contributed by atoms with Gasteiger partial charge < -0.3 is 45.4 Å². The van der Waals surface area contributed by atoms with Crippen molar-refractivity contribution in [3.63, 3.8) is 0 Å². The van der Waals surface area contributed by atoms with Gasteiger partial charge in [0.25, 0.3) is 0 Å². The smallest absolute Gasteiger partial charge is 0.249 e. The number of hydrogen-bond acceptors (Lipinski definition) is 9. The lowest BCUT2D eigenvalue weighted by Gasteiger charge is -2.40. The first-order chi connectivity index (χ1) is 28.1. The van der Waals surface area contributed by atoms with E-state index in [-0.39, 0.29) is 6.61 Å². The summed E-state index contributed by atoms with van der Waals surface area (Å²) in [6.07, 6.45) is 31.6. The highest BCUT2D eigenvalue weighted by Crippen LogP contribution is 2.23. The second kappa shape index (κ2) is 37.6. The zero-order chi connectivity index (χ0) is 42.6. The monoisotopic (exact) mass is 828 g/mol. The van der Waals surface area contributed by atoms with Gasteiger partial charge in [-0.25, -0.2) is 0 Å². The summed E-state index contributed by atoms with van der Waals surface area (Å²) in [5.74, 6) is 0.178. The van der Waals surface area contributed by atoms with E-state index in [0.29, 0.717) is 6.42 Å². The second-order valence-corrected chi connectivity index (χ2v) is 17.9. The lowest BCUT2D eigenvalue weighted by Crippen LogP contribution is -2.60. The van der Waals surface area contributed by atoms with Crippen molar-refractivity contribution in [1.82, 2.24) is 5.32 Å². The van der Waals surface area contributed by atoms with Crippen molar-refractivity contribution < 1.29 is 44.9 Å². The molecule has 0 bridgehead atoms. The first-order valence-electron chi connectivity index (χ1n) is 24.4. The highest BCUT2D eigenvalue weighted by atomic mass is 16.7. The van der Waals surface area contributed by atoms with Crippen molar-refractivity contribution in [3.05, 3.63) is 12.2 Å². The molecular formula is C48H93NO9. The van der Waals surface area contributed by atoms with Crippen molar-refractivity contribution in [2.45, 2.75) is 269 Å². The maximum atomic E-state index is 13.1. The number of unbranched alkanes of at least 4 members (excludes halogenated alkanes) is 27. The molecule has 0 aliphatic carbocycles. The molecule has 344 valence electrons. The predicted octanol–water partition coefficient (Wildman–Crippen LogP) is 9.33. The van der Waals surface area contributed by atoms with E-state index in [1.165, 1.54) is 148 Å². The molecule has 1 saturated heterocycles. The van der Waals surface area contributed by atoms with E-state index in [9.17, 15) is 35.4 Å². The summed E-state index contributed by atoms with van der Waals surface area (Å²) in [5, 5.41) is 64.7. The molecule has 1 amide bonds. The van der Waals surface area contributed by atoms with Gasteiger partial charge in [0.15, 0.2) is 6.29 Å². The summed E-state index contributed by atoms with van der Waals surface area (Å²) < 4.78 is 11.1. The van der Waals surface area contributed by atoms with Gasteiger partial charge in [-0.1, -0.05) is 213 Å².